The van der Waals surface area contributed by atoms with Gasteiger partial charge >= 0.3 is 12.1 Å². The van der Waals surface area contributed by atoms with Crippen molar-refractivity contribution < 1.29 is 36.3 Å². The van der Waals surface area contributed by atoms with E-state index < -0.39 is 22.2 Å². The Morgan fingerprint density at radius 3 is 2.24 bits per heavy atom. The van der Waals surface area contributed by atoms with Crippen molar-refractivity contribution >= 4 is 33.3 Å². The number of amides is 1. The number of aryl methyl sites for hydroxylation is 2. The minimum atomic E-state index is -5.08. The first-order valence-corrected chi connectivity index (χ1v) is 9.69. The summed E-state index contributed by atoms with van der Waals surface area (Å²) in [6.07, 6.45) is -4.16. The van der Waals surface area contributed by atoms with E-state index >= 15 is 0 Å². The number of hydrogen-bond acceptors (Lipinski definition) is 4. The molecule has 156 valence electrons. The second-order valence-corrected chi connectivity index (χ2v) is 7.82. The minimum Gasteiger partial charge on any atom is -0.475 e. The average molecular weight is 430 g/mol. The Balaban J connectivity index is 0.000000370. The molecule has 0 unspecified atom stereocenters. The number of benzene rings is 2. The lowest BCUT2D eigenvalue weighted by Gasteiger charge is -2.17. The number of anilines is 2. The molecule has 0 spiro atoms. The first-order valence-electron chi connectivity index (χ1n) is 8.21. The van der Waals surface area contributed by atoms with Crippen LogP contribution in [0.1, 0.15) is 17.5 Å². The van der Waals surface area contributed by atoms with E-state index in [9.17, 15) is 26.4 Å². The second-order valence-electron chi connectivity index (χ2n) is 6.14. The van der Waals surface area contributed by atoms with E-state index in [-0.39, 0.29) is 10.8 Å². The van der Waals surface area contributed by atoms with E-state index in [1.54, 1.807) is 24.3 Å². The summed E-state index contributed by atoms with van der Waals surface area (Å²) in [6.45, 7) is 1.94. The number of halogens is 3. The number of alkyl halides is 3. The standard InChI is InChI=1S/C16H16N2O3S.C2HF3O2/c1-11-2-5-13(6-3-11)18-22(20,21)14-7-8-15-12(10-14)4-9-16(19)17-15;3-2(4,5)1(6)7/h2-3,5-8,10,18H,4,9H2,1H3,(H,17,19);(H,6,7). The largest absolute Gasteiger partial charge is 0.490 e. The smallest absolute Gasteiger partial charge is 0.475 e. The molecule has 0 fully saturated rings. The van der Waals surface area contributed by atoms with Gasteiger partial charge in [0.05, 0.1) is 4.90 Å². The molecule has 0 aliphatic carbocycles. The quantitative estimate of drug-likeness (QED) is 0.692. The molecule has 0 atom stereocenters. The van der Waals surface area contributed by atoms with Crippen molar-refractivity contribution in [1.82, 2.24) is 0 Å². The van der Waals surface area contributed by atoms with Crippen LogP contribution in [-0.2, 0) is 26.0 Å². The molecule has 0 bridgehead atoms. The molecule has 1 aliphatic rings. The second kappa shape index (κ2) is 8.52. The van der Waals surface area contributed by atoms with Crippen LogP contribution >= 0.6 is 0 Å². The Morgan fingerprint density at radius 1 is 1.10 bits per heavy atom. The molecule has 11 heteroatoms. The van der Waals surface area contributed by atoms with E-state index in [2.05, 4.69) is 10.0 Å². The van der Waals surface area contributed by atoms with E-state index in [0.717, 1.165) is 11.1 Å². The summed E-state index contributed by atoms with van der Waals surface area (Å²) in [6, 6.07) is 11.9. The number of carbonyl (C=O) groups excluding carboxylic acids is 1. The van der Waals surface area contributed by atoms with Gasteiger partial charge in [-0.25, -0.2) is 13.2 Å². The Bertz CT molecular complexity index is 1020. The Morgan fingerprint density at radius 2 is 1.69 bits per heavy atom. The van der Waals surface area contributed by atoms with E-state index in [4.69, 9.17) is 9.90 Å². The van der Waals surface area contributed by atoms with Crippen LogP contribution in [0, 0.1) is 6.92 Å². The lowest BCUT2D eigenvalue weighted by Crippen LogP contribution is -2.21. The van der Waals surface area contributed by atoms with Crippen molar-refractivity contribution in [2.75, 3.05) is 10.0 Å². The normalized spacial score (nSPS) is 13.4. The maximum absolute atomic E-state index is 12.4. The zero-order chi connectivity index (χ0) is 21.8. The number of carboxylic acid groups (broad SMARTS) is 1. The molecule has 1 aliphatic heterocycles. The number of sulfonamides is 1. The lowest BCUT2D eigenvalue weighted by atomic mass is 10.0. The molecule has 3 N–H and O–H groups in total. The van der Waals surface area contributed by atoms with Gasteiger partial charge in [-0.2, -0.15) is 13.2 Å². The van der Waals surface area contributed by atoms with Crippen LogP contribution in [0.4, 0.5) is 24.5 Å². The topological polar surface area (TPSA) is 113 Å². The molecule has 29 heavy (non-hydrogen) atoms. The number of fused-ring (bicyclic) bond motifs is 1. The van der Waals surface area contributed by atoms with Gasteiger partial charge in [0.1, 0.15) is 0 Å². The van der Waals surface area contributed by atoms with Crippen LogP contribution in [0.2, 0.25) is 0 Å². The van der Waals surface area contributed by atoms with Crippen molar-refractivity contribution in [3.63, 3.8) is 0 Å². The highest BCUT2D eigenvalue weighted by molar-refractivity contribution is 7.92. The number of carbonyl (C=O) groups is 2. The fraction of sp³-hybridized carbons (Fsp3) is 0.222. The van der Waals surface area contributed by atoms with E-state index in [1.165, 1.54) is 6.07 Å². The van der Waals surface area contributed by atoms with Crippen LogP contribution in [0.3, 0.4) is 0 Å². The van der Waals surface area contributed by atoms with Gasteiger partial charge in [-0.1, -0.05) is 17.7 Å². The van der Waals surface area contributed by atoms with Gasteiger partial charge in [0.25, 0.3) is 10.0 Å². The molecular formula is C18H17F3N2O5S. The first kappa shape index (κ1) is 22.2. The van der Waals surface area contributed by atoms with Gasteiger partial charge in [-0.3, -0.25) is 9.52 Å². The van der Waals surface area contributed by atoms with Crippen LogP contribution in [0.15, 0.2) is 47.4 Å². The summed E-state index contributed by atoms with van der Waals surface area (Å²) in [5, 5.41) is 9.87. The number of nitrogens with one attached hydrogen (secondary N) is 2. The lowest BCUT2D eigenvalue weighted by molar-refractivity contribution is -0.192. The van der Waals surface area contributed by atoms with Gasteiger partial charge in [-0.15, -0.1) is 0 Å². The predicted octanol–water partition coefficient (Wildman–Crippen LogP) is 3.31. The highest BCUT2D eigenvalue weighted by Crippen LogP contribution is 2.26. The van der Waals surface area contributed by atoms with Gasteiger partial charge in [0, 0.05) is 17.8 Å². The highest BCUT2D eigenvalue weighted by Gasteiger charge is 2.38. The molecule has 3 rings (SSSR count). The summed E-state index contributed by atoms with van der Waals surface area (Å²) in [5.74, 6) is -2.80. The number of aliphatic carboxylic acids is 1. The van der Waals surface area contributed by atoms with Gasteiger partial charge in [0.2, 0.25) is 5.91 Å². The zero-order valence-electron chi connectivity index (χ0n) is 15.1. The third-order valence-electron chi connectivity index (χ3n) is 3.83. The third kappa shape index (κ3) is 6.21. The van der Waals surface area contributed by atoms with Crippen molar-refractivity contribution in [3.8, 4) is 0 Å². The Kier molecular flexibility index (Phi) is 6.52. The van der Waals surface area contributed by atoms with Crippen LogP contribution < -0.4 is 10.0 Å². The predicted molar refractivity (Wildman–Crippen MR) is 99.1 cm³/mol. The third-order valence-corrected chi connectivity index (χ3v) is 5.21. The molecule has 1 amide bonds. The van der Waals surface area contributed by atoms with Crippen molar-refractivity contribution in [3.05, 3.63) is 53.6 Å². The maximum atomic E-state index is 12.4. The summed E-state index contributed by atoms with van der Waals surface area (Å²) in [5.41, 5.74) is 3.11. The Labute approximate surface area is 164 Å². The molecule has 0 aromatic heterocycles. The fourth-order valence-corrected chi connectivity index (χ4v) is 3.47. The molecule has 2 aromatic rings. The summed E-state index contributed by atoms with van der Waals surface area (Å²) >= 11 is 0. The zero-order valence-corrected chi connectivity index (χ0v) is 15.9. The fourth-order valence-electron chi connectivity index (χ4n) is 2.36. The number of hydrogen-bond donors (Lipinski definition) is 3. The van der Waals surface area contributed by atoms with Gasteiger partial charge in [-0.05, 0) is 49.2 Å². The van der Waals surface area contributed by atoms with Crippen LogP contribution in [0.5, 0.6) is 0 Å². The number of rotatable bonds is 3. The van der Waals surface area contributed by atoms with E-state index in [1.807, 2.05) is 19.1 Å². The van der Waals surface area contributed by atoms with Crippen molar-refractivity contribution in [2.24, 2.45) is 0 Å². The van der Waals surface area contributed by atoms with Gasteiger partial charge in [0.15, 0.2) is 0 Å². The molecule has 0 saturated carbocycles. The van der Waals surface area contributed by atoms with Crippen molar-refractivity contribution in [1.29, 1.82) is 0 Å². The first-order chi connectivity index (χ1) is 13.4. The Hall–Kier alpha value is -3.08. The molecule has 1 heterocycles. The van der Waals surface area contributed by atoms with Crippen LogP contribution in [0.25, 0.3) is 0 Å². The number of carboxylic acids is 1. The molecule has 0 radical (unpaired) electrons. The summed E-state index contributed by atoms with van der Waals surface area (Å²) < 4.78 is 59.2. The average Bonchev–Trinajstić information content (AvgIpc) is 2.62. The highest BCUT2D eigenvalue weighted by atomic mass is 32.2. The summed E-state index contributed by atoms with van der Waals surface area (Å²) in [4.78, 5) is 20.4. The monoisotopic (exact) mass is 430 g/mol. The maximum Gasteiger partial charge on any atom is 0.490 e. The molecule has 7 nitrogen and oxygen atoms in total. The van der Waals surface area contributed by atoms with E-state index in [0.29, 0.717) is 24.2 Å². The van der Waals surface area contributed by atoms with Crippen molar-refractivity contribution in [2.45, 2.75) is 30.8 Å². The summed E-state index contributed by atoms with van der Waals surface area (Å²) in [7, 11) is -3.64. The molecular weight excluding hydrogens is 413 g/mol. The molecule has 0 saturated heterocycles. The minimum absolute atomic E-state index is 0.0408. The SMILES string of the molecule is Cc1ccc(NS(=O)(=O)c2ccc3c(c2)CCC(=O)N3)cc1.O=C(O)C(F)(F)F. The molecule has 2 aromatic carbocycles. The van der Waals surface area contributed by atoms with Gasteiger partial charge < -0.3 is 10.4 Å². The van der Waals surface area contributed by atoms with Crippen LogP contribution in [-0.4, -0.2) is 31.6 Å².